The molecule has 2 aromatic rings. The van der Waals surface area contributed by atoms with Gasteiger partial charge >= 0.3 is 0 Å². The van der Waals surface area contributed by atoms with Gasteiger partial charge in [0.1, 0.15) is 5.82 Å². The van der Waals surface area contributed by atoms with Gasteiger partial charge in [-0.15, -0.1) is 0 Å². The zero-order valence-electron chi connectivity index (χ0n) is 9.71. The quantitative estimate of drug-likeness (QED) is 0.664. The molecule has 0 atom stereocenters. The Morgan fingerprint density at radius 3 is 2.56 bits per heavy atom. The lowest BCUT2D eigenvalue weighted by molar-refractivity contribution is 0.103. The first-order valence-corrected chi connectivity index (χ1v) is 5.72. The van der Waals surface area contributed by atoms with Gasteiger partial charge in [0.25, 0.3) is 0 Å². The summed E-state index contributed by atoms with van der Waals surface area (Å²) in [5.74, 6) is -0.726. The van der Waals surface area contributed by atoms with Crippen LogP contribution in [0.1, 0.15) is 21.5 Å². The van der Waals surface area contributed by atoms with E-state index < -0.39 is 5.82 Å². The molecule has 0 aliphatic heterocycles. The molecule has 18 heavy (non-hydrogen) atoms. The van der Waals surface area contributed by atoms with Gasteiger partial charge in [0.2, 0.25) is 0 Å². The van der Waals surface area contributed by atoms with Crippen molar-refractivity contribution in [3.05, 3.63) is 63.9 Å². The Hall–Kier alpha value is -1.87. The molecule has 0 bridgehead atoms. The number of rotatable bonds is 2. The summed E-state index contributed by atoms with van der Waals surface area (Å²) in [7, 11) is 0. The summed E-state index contributed by atoms with van der Waals surface area (Å²) in [6.45, 7) is 1.64. The predicted molar refractivity (Wildman–Crippen MR) is 70.4 cm³/mol. The van der Waals surface area contributed by atoms with E-state index >= 15 is 0 Å². The van der Waals surface area contributed by atoms with Crippen LogP contribution < -0.4 is 5.73 Å². The van der Waals surface area contributed by atoms with Crippen LogP contribution in [-0.4, -0.2) is 5.78 Å². The van der Waals surface area contributed by atoms with Crippen LogP contribution in [0.3, 0.4) is 0 Å². The Balaban J connectivity index is 2.44. The summed E-state index contributed by atoms with van der Waals surface area (Å²) >= 11 is 5.76. The monoisotopic (exact) mass is 263 g/mol. The van der Waals surface area contributed by atoms with Crippen molar-refractivity contribution in [2.45, 2.75) is 6.92 Å². The van der Waals surface area contributed by atoms with E-state index in [1.807, 2.05) is 0 Å². The first-order valence-electron chi connectivity index (χ1n) is 5.35. The zero-order chi connectivity index (χ0) is 13.3. The molecule has 0 heterocycles. The van der Waals surface area contributed by atoms with E-state index in [4.69, 9.17) is 17.3 Å². The normalized spacial score (nSPS) is 10.4. The smallest absolute Gasteiger partial charge is 0.195 e. The first kappa shape index (κ1) is 12.6. The van der Waals surface area contributed by atoms with E-state index in [0.29, 0.717) is 16.1 Å². The van der Waals surface area contributed by atoms with Crippen molar-refractivity contribution >= 4 is 23.1 Å². The third kappa shape index (κ3) is 2.36. The van der Waals surface area contributed by atoms with Crippen LogP contribution >= 0.6 is 11.6 Å². The minimum atomic E-state index is -0.409. The molecule has 4 heteroatoms. The Kier molecular flexibility index (Phi) is 3.34. The fourth-order valence-corrected chi connectivity index (χ4v) is 1.81. The number of nitrogen functional groups attached to an aromatic ring is 1. The molecule has 0 saturated heterocycles. The zero-order valence-corrected chi connectivity index (χ0v) is 10.5. The number of benzene rings is 2. The Labute approximate surface area is 109 Å². The molecule has 0 aliphatic rings. The second-order valence-electron chi connectivity index (χ2n) is 4.02. The molecule has 0 saturated carbocycles. The molecule has 2 N–H and O–H groups in total. The summed E-state index contributed by atoms with van der Waals surface area (Å²) in [6, 6.07) is 8.97. The molecule has 2 aromatic carbocycles. The van der Waals surface area contributed by atoms with E-state index in [1.54, 1.807) is 25.1 Å². The number of nitrogens with two attached hydrogens (primary N) is 1. The van der Waals surface area contributed by atoms with Crippen LogP contribution in [0.15, 0.2) is 36.4 Å². The summed E-state index contributed by atoms with van der Waals surface area (Å²) in [6.07, 6.45) is 0. The third-order valence-electron chi connectivity index (χ3n) is 2.69. The number of anilines is 1. The fraction of sp³-hybridized carbons (Fsp3) is 0.0714. The van der Waals surface area contributed by atoms with Crippen LogP contribution in [0.4, 0.5) is 10.1 Å². The van der Waals surface area contributed by atoms with Crippen LogP contribution in [0.2, 0.25) is 5.02 Å². The Morgan fingerprint density at radius 2 is 1.94 bits per heavy atom. The lowest BCUT2D eigenvalue weighted by Gasteiger charge is -2.06. The number of halogens is 2. The van der Waals surface area contributed by atoms with Gasteiger partial charge in [-0.1, -0.05) is 23.7 Å². The average Bonchev–Trinajstić information content (AvgIpc) is 2.32. The largest absolute Gasteiger partial charge is 0.398 e. The van der Waals surface area contributed by atoms with Crippen molar-refractivity contribution in [1.29, 1.82) is 0 Å². The molecular formula is C14H11ClFNO. The summed E-state index contributed by atoms with van der Waals surface area (Å²) in [5, 5.41) is 0.458. The number of ketones is 1. The topological polar surface area (TPSA) is 43.1 Å². The van der Waals surface area contributed by atoms with Gasteiger partial charge in [-0.05, 0) is 36.8 Å². The van der Waals surface area contributed by atoms with Gasteiger partial charge in [-0.25, -0.2) is 4.39 Å². The number of carbonyl (C=O) groups is 1. The van der Waals surface area contributed by atoms with Crippen LogP contribution in [-0.2, 0) is 0 Å². The molecule has 0 aliphatic carbocycles. The van der Waals surface area contributed by atoms with Gasteiger partial charge in [0, 0.05) is 21.8 Å². The van der Waals surface area contributed by atoms with Crippen molar-refractivity contribution in [3.63, 3.8) is 0 Å². The molecule has 2 rings (SSSR count). The minimum absolute atomic E-state index is 0.270. The maximum absolute atomic E-state index is 13.4. The van der Waals surface area contributed by atoms with Crippen LogP contribution in [0, 0.1) is 12.7 Å². The number of aryl methyl sites for hydroxylation is 1. The van der Waals surface area contributed by atoms with Crippen molar-refractivity contribution in [2.24, 2.45) is 0 Å². The Bertz CT molecular complexity index is 625. The standard InChI is InChI=1S/C14H11ClFNO/c1-8-2-3-9(6-12(8)16)14(18)11-5-4-10(15)7-13(11)17/h2-7H,17H2,1H3. The van der Waals surface area contributed by atoms with E-state index in [0.717, 1.165) is 0 Å². The van der Waals surface area contributed by atoms with E-state index in [1.165, 1.54) is 18.2 Å². The number of carbonyl (C=O) groups excluding carboxylic acids is 1. The molecule has 2 nitrogen and oxygen atoms in total. The van der Waals surface area contributed by atoms with Crippen LogP contribution in [0.25, 0.3) is 0 Å². The molecule has 92 valence electrons. The van der Waals surface area contributed by atoms with Gasteiger partial charge < -0.3 is 5.73 Å². The lowest BCUT2D eigenvalue weighted by atomic mass is 10.0. The molecule has 0 aromatic heterocycles. The van der Waals surface area contributed by atoms with Gasteiger partial charge in [-0.2, -0.15) is 0 Å². The summed E-state index contributed by atoms with van der Waals surface area (Å²) in [5.41, 5.74) is 7.10. The Morgan fingerprint density at radius 1 is 1.22 bits per heavy atom. The molecule has 0 amide bonds. The molecule has 0 radical (unpaired) electrons. The summed E-state index contributed by atoms with van der Waals surface area (Å²) in [4.78, 5) is 12.2. The summed E-state index contributed by atoms with van der Waals surface area (Å²) < 4.78 is 13.4. The predicted octanol–water partition coefficient (Wildman–Crippen LogP) is 3.60. The van der Waals surface area contributed by atoms with Crippen LogP contribution in [0.5, 0.6) is 0 Å². The molecule has 0 fully saturated rings. The number of hydrogen-bond donors (Lipinski definition) is 1. The van der Waals surface area contributed by atoms with E-state index in [-0.39, 0.29) is 17.0 Å². The van der Waals surface area contributed by atoms with Gasteiger partial charge in [0.05, 0.1) is 0 Å². The maximum Gasteiger partial charge on any atom is 0.195 e. The molecule has 0 spiro atoms. The van der Waals surface area contributed by atoms with Crippen molar-refractivity contribution < 1.29 is 9.18 Å². The third-order valence-corrected chi connectivity index (χ3v) is 2.93. The highest BCUT2D eigenvalue weighted by Crippen LogP contribution is 2.21. The van der Waals surface area contributed by atoms with Crippen molar-refractivity contribution in [1.82, 2.24) is 0 Å². The highest BCUT2D eigenvalue weighted by molar-refractivity contribution is 6.31. The average molecular weight is 264 g/mol. The lowest BCUT2D eigenvalue weighted by Crippen LogP contribution is -2.06. The number of hydrogen-bond acceptors (Lipinski definition) is 2. The second-order valence-corrected chi connectivity index (χ2v) is 4.46. The molecule has 0 unspecified atom stereocenters. The molecular weight excluding hydrogens is 253 g/mol. The van der Waals surface area contributed by atoms with Crippen molar-refractivity contribution in [3.8, 4) is 0 Å². The second kappa shape index (κ2) is 4.78. The SMILES string of the molecule is Cc1ccc(C(=O)c2ccc(Cl)cc2N)cc1F. The van der Waals surface area contributed by atoms with Crippen molar-refractivity contribution in [2.75, 3.05) is 5.73 Å². The highest BCUT2D eigenvalue weighted by Gasteiger charge is 2.13. The highest BCUT2D eigenvalue weighted by atomic mass is 35.5. The van der Waals surface area contributed by atoms with E-state index in [9.17, 15) is 9.18 Å². The van der Waals surface area contributed by atoms with E-state index in [2.05, 4.69) is 0 Å². The fourth-order valence-electron chi connectivity index (χ4n) is 1.63. The maximum atomic E-state index is 13.4. The van der Waals surface area contributed by atoms with Gasteiger partial charge in [0.15, 0.2) is 5.78 Å². The van der Waals surface area contributed by atoms with Gasteiger partial charge in [-0.3, -0.25) is 4.79 Å². The first-order chi connectivity index (χ1) is 8.49. The minimum Gasteiger partial charge on any atom is -0.398 e.